The first kappa shape index (κ1) is 16.5. The molecule has 0 aromatic carbocycles. The van der Waals surface area contributed by atoms with Crippen LogP contribution in [0.25, 0.3) is 0 Å². The van der Waals surface area contributed by atoms with E-state index >= 15 is 0 Å². The fourth-order valence-corrected chi connectivity index (χ4v) is 4.09. The molecule has 1 fully saturated rings. The third-order valence-electron chi connectivity index (χ3n) is 6.07. The van der Waals surface area contributed by atoms with E-state index < -0.39 is 5.60 Å². The zero-order chi connectivity index (χ0) is 15.7. The highest BCUT2D eigenvalue weighted by Crippen LogP contribution is 2.53. The highest BCUT2D eigenvalue weighted by molar-refractivity contribution is 5.20. The molecule has 0 unspecified atom stereocenters. The van der Waals surface area contributed by atoms with E-state index in [4.69, 9.17) is 0 Å². The van der Waals surface area contributed by atoms with Gasteiger partial charge >= 0.3 is 0 Å². The van der Waals surface area contributed by atoms with E-state index in [1.807, 2.05) is 0 Å². The van der Waals surface area contributed by atoms with Crippen molar-refractivity contribution in [2.24, 2.45) is 11.3 Å². The Morgan fingerprint density at radius 2 is 1.76 bits per heavy atom. The third-order valence-corrected chi connectivity index (χ3v) is 6.07. The Morgan fingerprint density at radius 1 is 1.10 bits per heavy atom. The lowest BCUT2D eigenvalue weighted by Crippen LogP contribution is -2.52. The van der Waals surface area contributed by atoms with Gasteiger partial charge in [0.05, 0.1) is 5.60 Å². The smallest absolute Gasteiger partial charge is 0.0741 e. The molecule has 1 N–H and O–H groups in total. The summed E-state index contributed by atoms with van der Waals surface area (Å²) in [4.78, 5) is 0. The number of aliphatic hydroxyl groups is 1. The Morgan fingerprint density at radius 3 is 2.48 bits per heavy atom. The van der Waals surface area contributed by atoms with Crippen molar-refractivity contribution in [2.75, 3.05) is 0 Å². The molecule has 1 saturated carbocycles. The third kappa shape index (κ3) is 3.34. The van der Waals surface area contributed by atoms with Gasteiger partial charge in [-0.2, -0.15) is 0 Å². The van der Waals surface area contributed by atoms with Crippen LogP contribution in [0.3, 0.4) is 0 Å². The molecular weight excluding hydrogens is 256 g/mol. The predicted octanol–water partition coefficient (Wildman–Crippen LogP) is 5.57. The average molecular weight is 288 g/mol. The van der Waals surface area contributed by atoms with Crippen molar-refractivity contribution in [3.63, 3.8) is 0 Å². The van der Waals surface area contributed by atoms with Crippen LogP contribution < -0.4 is 0 Å². The maximum absolute atomic E-state index is 11.3. The molecule has 0 aliphatic heterocycles. The van der Waals surface area contributed by atoms with Crippen LogP contribution in [0.15, 0.2) is 35.5 Å². The molecule has 2 aliphatic carbocycles. The summed E-state index contributed by atoms with van der Waals surface area (Å²) in [5.74, 6) is 0.424. The minimum atomic E-state index is -0.586. The molecule has 1 heteroatoms. The molecular formula is C20H32O. The quantitative estimate of drug-likeness (QED) is 0.578. The number of hydrogen-bond acceptors (Lipinski definition) is 1. The van der Waals surface area contributed by atoms with Crippen LogP contribution in [-0.2, 0) is 0 Å². The second-order valence-corrected chi connectivity index (χ2v) is 7.85. The van der Waals surface area contributed by atoms with E-state index in [9.17, 15) is 5.11 Å². The number of hydrogen-bond donors (Lipinski definition) is 1. The fourth-order valence-electron chi connectivity index (χ4n) is 4.09. The standard InChI is InChI=1S/C20H32O/c1-15-7-6-8-16(2)11-13-20(21)14-12-17(3)18(10-9-15)19(20,4)5/h7,11,18,21H,3,6,8-10,12-14H2,1-2,4-5H3/b15-7+,16-11+/t18-,20+/m0/s1. The Labute approximate surface area is 130 Å². The van der Waals surface area contributed by atoms with Crippen LogP contribution in [0.5, 0.6) is 0 Å². The highest BCUT2D eigenvalue weighted by atomic mass is 16.3. The Bertz CT molecular complexity index is 466. The zero-order valence-corrected chi connectivity index (χ0v) is 14.3. The molecule has 0 radical (unpaired) electrons. The molecule has 0 saturated heterocycles. The van der Waals surface area contributed by atoms with Gasteiger partial charge in [0.1, 0.15) is 0 Å². The van der Waals surface area contributed by atoms with Crippen molar-refractivity contribution in [3.05, 3.63) is 35.5 Å². The summed E-state index contributed by atoms with van der Waals surface area (Å²) in [6, 6.07) is 0. The van der Waals surface area contributed by atoms with E-state index in [1.54, 1.807) is 0 Å². The van der Waals surface area contributed by atoms with E-state index in [0.29, 0.717) is 5.92 Å². The molecule has 2 bridgehead atoms. The molecule has 0 amide bonds. The van der Waals surface area contributed by atoms with E-state index in [-0.39, 0.29) is 5.41 Å². The van der Waals surface area contributed by atoms with Crippen molar-refractivity contribution in [2.45, 2.75) is 78.2 Å². The molecule has 0 aromatic heterocycles. The van der Waals surface area contributed by atoms with Crippen LogP contribution in [0.2, 0.25) is 0 Å². The fraction of sp³-hybridized carbons (Fsp3) is 0.700. The molecule has 118 valence electrons. The summed E-state index contributed by atoms with van der Waals surface area (Å²) >= 11 is 0. The van der Waals surface area contributed by atoms with E-state index in [2.05, 4.69) is 46.4 Å². The second kappa shape index (κ2) is 6.12. The topological polar surface area (TPSA) is 20.2 Å². The summed E-state index contributed by atoms with van der Waals surface area (Å²) < 4.78 is 0. The summed E-state index contributed by atoms with van der Waals surface area (Å²) in [6.07, 6.45) is 11.8. The molecule has 0 aromatic rings. The summed E-state index contributed by atoms with van der Waals surface area (Å²) in [7, 11) is 0. The monoisotopic (exact) mass is 288 g/mol. The van der Waals surface area contributed by atoms with Gasteiger partial charge in [-0.3, -0.25) is 0 Å². The second-order valence-electron chi connectivity index (χ2n) is 7.85. The summed E-state index contributed by atoms with van der Waals surface area (Å²) in [6.45, 7) is 13.3. The van der Waals surface area contributed by atoms with Crippen LogP contribution in [-0.4, -0.2) is 10.7 Å². The van der Waals surface area contributed by atoms with Crippen molar-refractivity contribution < 1.29 is 5.11 Å². The van der Waals surface area contributed by atoms with Gasteiger partial charge in [-0.05, 0) is 64.7 Å². The van der Waals surface area contributed by atoms with Crippen molar-refractivity contribution >= 4 is 0 Å². The molecule has 0 spiro atoms. The van der Waals surface area contributed by atoms with Gasteiger partial charge < -0.3 is 5.11 Å². The molecule has 2 atom stereocenters. The summed E-state index contributed by atoms with van der Waals surface area (Å²) in [5.41, 5.74) is 3.55. The van der Waals surface area contributed by atoms with Gasteiger partial charge in [0.2, 0.25) is 0 Å². The first-order valence-electron chi connectivity index (χ1n) is 8.47. The molecule has 0 heterocycles. The number of rotatable bonds is 0. The molecule has 21 heavy (non-hydrogen) atoms. The normalized spacial score (nSPS) is 39.3. The maximum atomic E-state index is 11.3. The number of allylic oxidation sites excluding steroid dienone is 4. The van der Waals surface area contributed by atoms with Gasteiger partial charge in [-0.1, -0.05) is 49.3 Å². The average Bonchev–Trinajstić information content (AvgIpc) is 2.40. The lowest BCUT2D eigenvalue weighted by molar-refractivity contribution is -0.109. The van der Waals surface area contributed by atoms with Crippen molar-refractivity contribution in [3.8, 4) is 0 Å². The molecule has 1 nitrogen and oxygen atoms in total. The van der Waals surface area contributed by atoms with Crippen LogP contribution in [0.4, 0.5) is 0 Å². The van der Waals surface area contributed by atoms with Gasteiger partial charge in [-0.25, -0.2) is 0 Å². The maximum Gasteiger partial charge on any atom is 0.0741 e. The minimum absolute atomic E-state index is 0.0986. The number of fused-ring (bicyclic) bond motifs is 2. The van der Waals surface area contributed by atoms with Crippen molar-refractivity contribution in [1.29, 1.82) is 0 Å². The zero-order valence-electron chi connectivity index (χ0n) is 14.3. The van der Waals surface area contributed by atoms with E-state index in [1.165, 1.54) is 16.7 Å². The summed E-state index contributed by atoms with van der Waals surface area (Å²) in [5, 5.41) is 11.3. The van der Waals surface area contributed by atoms with Crippen molar-refractivity contribution in [1.82, 2.24) is 0 Å². The Balaban J connectivity index is 2.36. The lowest BCUT2D eigenvalue weighted by atomic mass is 9.56. The lowest BCUT2D eigenvalue weighted by Gasteiger charge is -2.52. The Kier molecular flexibility index (Phi) is 4.82. The SMILES string of the molecule is C=C1CC[C@]2(O)C/C=C(\C)CC/C=C(\C)CC[C@@H]1C2(C)C. The Hall–Kier alpha value is -0.820. The van der Waals surface area contributed by atoms with Gasteiger partial charge in [0, 0.05) is 5.41 Å². The first-order valence-corrected chi connectivity index (χ1v) is 8.47. The minimum Gasteiger partial charge on any atom is -0.389 e. The predicted molar refractivity (Wildman–Crippen MR) is 91.2 cm³/mol. The van der Waals surface area contributed by atoms with Crippen LogP contribution in [0, 0.1) is 11.3 Å². The molecule has 2 rings (SSSR count). The largest absolute Gasteiger partial charge is 0.389 e. The van der Waals surface area contributed by atoms with Gasteiger partial charge in [-0.15, -0.1) is 0 Å². The first-order chi connectivity index (χ1) is 9.76. The van der Waals surface area contributed by atoms with Crippen LogP contribution >= 0.6 is 0 Å². The van der Waals surface area contributed by atoms with E-state index in [0.717, 1.165) is 44.9 Å². The molecule has 2 aliphatic rings. The van der Waals surface area contributed by atoms with Gasteiger partial charge in [0.25, 0.3) is 0 Å². The highest BCUT2D eigenvalue weighted by Gasteiger charge is 2.50. The van der Waals surface area contributed by atoms with Crippen LogP contribution in [0.1, 0.15) is 72.6 Å². The van der Waals surface area contributed by atoms with Gasteiger partial charge in [0.15, 0.2) is 0 Å².